The molecule has 1 saturated heterocycles. The molecule has 0 saturated carbocycles. The number of pyridine rings is 1. The third-order valence-corrected chi connectivity index (χ3v) is 6.99. The molecule has 0 bridgehead atoms. The predicted octanol–water partition coefficient (Wildman–Crippen LogP) is 1.56. The molecule has 1 aliphatic rings. The molecule has 0 amide bonds. The molecule has 8 nitrogen and oxygen atoms in total. The number of aliphatic hydroxyl groups is 1. The minimum Gasteiger partial charge on any atom is -0.493 e. The van der Waals surface area contributed by atoms with Crippen molar-refractivity contribution in [2.45, 2.75) is 17.4 Å². The Morgan fingerprint density at radius 2 is 2.00 bits per heavy atom. The summed E-state index contributed by atoms with van der Waals surface area (Å²) in [6.45, 7) is 6.05. The van der Waals surface area contributed by atoms with Gasteiger partial charge in [-0.1, -0.05) is 12.1 Å². The van der Waals surface area contributed by atoms with E-state index in [1.165, 1.54) is 10.5 Å². The Hall–Kier alpha value is -2.46. The number of ether oxygens (including phenoxy) is 2. The largest absolute Gasteiger partial charge is 0.493 e. The summed E-state index contributed by atoms with van der Waals surface area (Å²) in [6.07, 6.45) is 4.76. The first kappa shape index (κ1) is 23.2. The van der Waals surface area contributed by atoms with Crippen LogP contribution in [0.5, 0.6) is 11.5 Å². The molecule has 31 heavy (non-hydrogen) atoms. The fourth-order valence-corrected chi connectivity index (χ4v) is 4.85. The number of benzene rings is 1. The highest BCUT2D eigenvalue weighted by Gasteiger charge is 2.29. The van der Waals surface area contributed by atoms with E-state index in [-0.39, 0.29) is 11.5 Å². The Bertz CT molecular complexity index is 960. The fourth-order valence-electron chi connectivity index (χ4n) is 3.46. The highest BCUT2D eigenvalue weighted by molar-refractivity contribution is 7.89. The molecule has 1 fully saturated rings. The second kappa shape index (κ2) is 10.7. The Kier molecular flexibility index (Phi) is 8.03. The number of nitrogens with zero attached hydrogens (tertiary/aromatic N) is 3. The van der Waals surface area contributed by atoms with E-state index in [2.05, 4.69) is 11.6 Å². The molecule has 0 radical (unpaired) electrons. The van der Waals surface area contributed by atoms with Crippen LogP contribution < -0.4 is 9.47 Å². The van der Waals surface area contributed by atoms with Crippen molar-refractivity contribution in [3.05, 3.63) is 60.9 Å². The maximum absolute atomic E-state index is 12.7. The number of rotatable bonds is 10. The first-order valence-corrected chi connectivity index (χ1v) is 11.6. The van der Waals surface area contributed by atoms with Crippen molar-refractivity contribution in [1.82, 2.24) is 14.2 Å². The van der Waals surface area contributed by atoms with E-state index in [4.69, 9.17) is 9.47 Å². The van der Waals surface area contributed by atoms with Crippen LogP contribution in [-0.4, -0.2) is 80.3 Å². The van der Waals surface area contributed by atoms with Crippen LogP contribution >= 0.6 is 0 Å². The van der Waals surface area contributed by atoms with Gasteiger partial charge in [-0.3, -0.25) is 9.88 Å². The first-order chi connectivity index (χ1) is 14.9. The van der Waals surface area contributed by atoms with Gasteiger partial charge in [0.1, 0.15) is 17.6 Å². The number of hydrogen-bond donors (Lipinski definition) is 1. The van der Waals surface area contributed by atoms with Crippen LogP contribution in [0.15, 0.2) is 60.3 Å². The van der Waals surface area contributed by atoms with Crippen molar-refractivity contribution in [1.29, 1.82) is 0 Å². The molecule has 9 heteroatoms. The molecular weight excluding hydrogens is 418 g/mol. The number of aromatic nitrogens is 1. The summed E-state index contributed by atoms with van der Waals surface area (Å²) in [5.41, 5.74) is 1.07. The van der Waals surface area contributed by atoms with E-state index >= 15 is 0 Å². The summed E-state index contributed by atoms with van der Waals surface area (Å²) >= 11 is 0. The van der Waals surface area contributed by atoms with Gasteiger partial charge >= 0.3 is 0 Å². The molecule has 2 aromatic rings. The van der Waals surface area contributed by atoms with Crippen molar-refractivity contribution >= 4 is 10.0 Å². The first-order valence-electron chi connectivity index (χ1n) is 10.1. The summed E-state index contributed by atoms with van der Waals surface area (Å²) in [4.78, 5) is 6.13. The molecule has 1 atom stereocenters. The van der Waals surface area contributed by atoms with Gasteiger partial charge in [-0.05, 0) is 36.2 Å². The molecule has 168 valence electrons. The SMILES string of the molecule is C=CCc1ccc(OCC(O)CN2CCN(S(=O)(=O)c3cccnc3)CC2)c(OC)c1. The zero-order valence-corrected chi connectivity index (χ0v) is 18.5. The minimum absolute atomic E-state index is 0.116. The molecule has 2 heterocycles. The van der Waals surface area contributed by atoms with Gasteiger partial charge in [0.2, 0.25) is 10.0 Å². The molecular formula is C22H29N3O5S. The molecule has 1 unspecified atom stereocenters. The number of hydrogen-bond acceptors (Lipinski definition) is 7. The van der Waals surface area contributed by atoms with Gasteiger partial charge in [0.25, 0.3) is 0 Å². The van der Waals surface area contributed by atoms with Crippen LogP contribution in [0.2, 0.25) is 0 Å². The lowest BCUT2D eigenvalue weighted by atomic mass is 10.1. The Morgan fingerprint density at radius 3 is 2.65 bits per heavy atom. The van der Waals surface area contributed by atoms with Crippen molar-refractivity contribution in [2.75, 3.05) is 46.4 Å². The number of β-amino-alcohol motifs (C(OH)–C–C–N with tert-alkyl or cyclic N) is 1. The number of piperazine rings is 1. The van der Waals surface area contributed by atoms with Gasteiger partial charge in [0.05, 0.1) is 7.11 Å². The molecule has 1 aromatic carbocycles. The quantitative estimate of drug-likeness (QED) is 0.553. The second-order valence-corrected chi connectivity index (χ2v) is 9.27. The molecule has 0 spiro atoms. The van der Waals surface area contributed by atoms with Crippen LogP contribution in [0.1, 0.15) is 5.56 Å². The summed E-state index contributed by atoms with van der Waals surface area (Å²) in [5.74, 6) is 1.18. The summed E-state index contributed by atoms with van der Waals surface area (Å²) in [5, 5.41) is 10.4. The van der Waals surface area contributed by atoms with Crippen LogP contribution in [0, 0.1) is 0 Å². The lowest BCUT2D eigenvalue weighted by Gasteiger charge is -2.34. The number of sulfonamides is 1. The standard InChI is InChI=1S/C22H29N3O5S/c1-3-5-18-7-8-21(22(14-18)29-2)30-17-19(26)16-24-10-12-25(13-11-24)31(27,28)20-6-4-9-23-15-20/h3-4,6-9,14-15,19,26H,1,5,10-13,16-17H2,2H3. The average Bonchev–Trinajstić information content (AvgIpc) is 2.79. The predicted molar refractivity (Wildman–Crippen MR) is 118 cm³/mol. The van der Waals surface area contributed by atoms with E-state index in [1.54, 1.807) is 25.4 Å². The summed E-state index contributed by atoms with van der Waals surface area (Å²) in [6, 6.07) is 8.82. The third-order valence-electron chi connectivity index (χ3n) is 5.11. The van der Waals surface area contributed by atoms with Crippen LogP contribution in [0.4, 0.5) is 0 Å². The normalized spacial score (nSPS) is 16.6. The Labute approximate surface area is 183 Å². The van der Waals surface area contributed by atoms with Crippen molar-refractivity contribution in [3.63, 3.8) is 0 Å². The van der Waals surface area contributed by atoms with Crippen molar-refractivity contribution < 1.29 is 23.0 Å². The third kappa shape index (κ3) is 6.04. The monoisotopic (exact) mass is 447 g/mol. The molecule has 3 rings (SSSR count). The zero-order valence-electron chi connectivity index (χ0n) is 17.7. The maximum atomic E-state index is 12.7. The average molecular weight is 448 g/mol. The minimum atomic E-state index is -3.54. The van der Waals surface area contributed by atoms with Gasteiger partial charge < -0.3 is 14.6 Å². The van der Waals surface area contributed by atoms with E-state index in [0.29, 0.717) is 44.2 Å². The Morgan fingerprint density at radius 1 is 1.23 bits per heavy atom. The van der Waals surface area contributed by atoms with E-state index in [1.807, 2.05) is 29.2 Å². The number of methoxy groups -OCH3 is 1. The van der Waals surface area contributed by atoms with E-state index in [0.717, 1.165) is 12.0 Å². The van der Waals surface area contributed by atoms with Gasteiger partial charge in [0, 0.05) is 45.1 Å². The topological polar surface area (TPSA) is 92.2 Å². The Balaban J connectivity index is 1.48. The van der Waals surface area contributed by atoms with Crippen molar-refractivity contribution in [2.24, 2.45) is 0 Å². The second-order valence-electron chi connectivity index (χ2n) is 7.34. The van der Waals surface area contributed by atoms with Gasteiger partial charge in [0.15, 0.2) is 11.5 Å². The maximum Gasteiger partial charge on any atom is 0.244 e. The molecule has 1 aliphatic heterocycles. The lowest BCUT2D eigenvalue weighted by molar-refractivity contribution is 0.0561. The smallest absolute Gasteiger partial charge is 0.244 e. The van der Waals surface area contributed by atoms with E-state index < -0.39 is 16.1 Å². The highest BCUT2D eigenvalue weighted by atomic mass is 32.2. The molecule has 1 N–H and O–H groups in total. The molecule has 1 aromatic heterocycles. The van der Waals surface area contributed by atoms with Crippen molar-refractivity contribution in [3.8, 4) is 11.5 Å². The number of aliphatic hydroxyl groups excluding tert-OH is 1. The lowest BCUT2D eigenvalue weighted by Crippen LogP contribution is -2.50. The molecule has 0 aliphatic carbocycles. The van der Waals surface area contributed by atoms with Crippen LogP contribution in [-0.2, 0) is 16.4 Å². The van der Waals surface area contributed by atoms with Crippen LogP contribution in [0.3, 0.4) is 0 Å². The van der Waals surface area contributed by atoms with Gasteiger partial charge in [-0.15, -0.1) is 6.58 Å². The zero-order chi connectivity index (χ0) is 22.3. The summed E-state index contributed by atoms with van der Waals surface area (Å²) < 4.78 is 38.0. The van der Waals surface area contributed by atoms with Crippen LogP contribution in [0.25, 0.3) is 0 Å². The van der Waals surface area contributed by atoms with E-state index in [9.17, 15) is 13.5 Å². The number of allylic oxidation sites excluding steroid dienone is 1. The van der Waals surface area contributed by atoms with Gasteiger partial charge in [-0.2, -0.15) is 4.31 Å². The fraction of sp³-hybridized carbons (Fsp3) is 0.409. The van der Waals surface area contributed by atoms with Gasteiger partial charge in [-0.25, -0.2) is 8.42 Å². The summed E-state index contributed by atoms with van der Waals surface area (Å²) in [7, 11) is -1.96. The highest BCUT2D eigenvalue weighted by Crippen LogP contribution is 2.28.